The molecule has 2 aliphatic rings. The van der Waals surface area contributed by atoms with E-state index >= 15 is 0 Å². The minimum absolute atomic E-state index is 0.0563. The molecule has 1 saturated carbocycles. The van der Waals surface area contributed by atoms with Crippen LogP contribution < -0.4 is 0 Å². The first-order valence-corrected chi connectivity index (χ1v) is 5.79. The van der Waals surface area contributed by atoms with Crippen molar-refractivity contribution in [3.8, 4) is 0 Å². The van der Waals surface area contributed by atoms with Crippen molar-refractivity contribution >= 4 is 7.85 Å². The van der Waals surface area contributed by atoms with Crippen LogP contribution in [0.1, 0.15) is 13.3 Å². The van der Waals surface area contributed by atoms with Crippen LogP contribution in [0.4, 0.5) is 0 Å². The first-order valence-electron chi connectivity index (χ1n) is 5.79. The molecule has 0 spiro atoms. The second kappa shape index (κ2) is 4.98. The van der Waals surface area contributed by atoms with E-state index in [9.17, 15) is 10.2 Å². The van der Waals surface area contributed by atoms with Gasteiger partial charge in [0.25, 0.3) is 0 Å². The van der Waals surface area contributed by atoms with Crippen molar-refractivity contribution in [2.24, 2.45) is 5.92 Å². The quantitative estimate of drug-likeness (QED) is 0.546. The molecule has 3 N–H and O–H groups in total. The molecular formula is C11H17BO5. The van der Waals surface area contributed by atoms with Gasteiger partial charge in [-0.3, -0.25) is 0 Å². The summed E-state index contributed by atoms with van der Waals surface area (Å²) in [4.78, 5) is 0. The van der Waals surface area contributed by atoms with Gasteiger partial charge in [0.1, 0.15) is 38.0 Å². The molecule has 17 heavy (non-hydrogen) atoms. The monoisotopic (exact) mass is 240 g/mol. The SMILES string of the molecule is [B]/C=C1\OC(CO)[C@H](O)C(O[C@H]2CC2C)C1O. The third-order valence-electron chi connectivity index (χ3n) is 3.32. The van der Waals surface area contributed by atoms with Crippen molar-refractivity contribution in [1.29, 1.82) is 0 Å². The van der Waals surface area contributed by atoms with Crippen molar-refractivity contribution in [3.05, 3.63) is 11.7 Å². The highest BCUT2D eigenvalue weighted by Crippen LogP contribution is 2.37. The third kappa shape index (κ3) is 2.50. The Morgan fingerprint density at radius 2 is 2.18 bits per heavy atom. The van der Waals surface area contributed by atoms with Crippen molar-refractivity contribution in [2.45, 2.75) is 43.9 Å². The highest BCUT2D eigenvalue weighted by molar-refractivity contribution is 6.17. The number of ether oxygens (including phenoxy) is 2. The molecule has 0 bridgehead atoms. The summed E-state index contributed by atoms with van der Waals surface area (Å²) >= 11 is 0. The first kappa shape index (κ1) is 12.9. The number of aliphatic hydroxyl groups is 3. The highest BCUT2D eigenvalue weighted by Gasteiger charge is 2.46. The van der Waals surface area contributed by atoms with Crippen LogP contribution in [0.25, 0.3) is 0 Å². The Labute approximate surface area is 101 Å². The van der Waals surface area contributed by atoms with E-state index in [0.29, 0.717) is 5.92 Å². The first-order chi connectivity index (χ1) is 8.08. The molecule has 6 heteroatoms. The van der Waals surface area contributed by atoms with Gasteiger partial charge in [0, 0.05) is 0 Å². The van der Waals surface area contributed by atoms with E-state index in [4.69, 9.17) is 22.4 Å². The molecule has 0 aromatic heterocycles. The summed E-state index contributed by atoms with van der Waals surface area (Å²) in [6, 6.07) is 0. The Kier molecular flexibility index (Phi) is 3.77. The predicted octanol–water partition coefficient (Wildman–Crippen LogP) is -1.10. The molecule has 1 aliphatic carbocycles. The van der Waals surface area contributed by atoms with E-state index in [0.717, 1.165) is 12.4 Å². The summed E-state index contributed by atoms with van der Waals surface area (Å²) in [5.74, 6) is 1.70. The zero-order valence-electron chi connectivity index (χ0n) is 9.69. The van der Waals surface area contributed by atoms with E-state index in [1.807, 2.05) is 6.92 Å². The summed E-state index contributed by atoms with van der Waals surface area (Å²) < 4.78 is 10.8. The van der Waals surface area contributed by atoms with Gasteiger partial charge in [0.15, 0.2) is 0 Å². The molecule has 0 aromatic carbocycles. The molecule has 2 radical (unpaired) electrons. The van der Waals surface area contributed by atoms with Gasteiger partial charge in [0.2, 0.25) is 0 Å². The molecule has 0 aromatic rings. The number of aliphatic hydroxyl groups excluding tert-OH is 3. The van der Waals surface area contributed by atoms with Crippen molar-refractivity contribution < 1.29 is 24.8 Å². The van der Waals surface area contributed by atoms with Crippen LogP contribution in [0, 0.1) is 5.92 Å². The lowest BCUT2D eigenvalue weighted by Crippen LogP contribution is -2.54. The van der Waals surface area contributed by atoms with Crippen LogP contribution >= 0.6 is 0 Å². The molecule has 1 saturated heterocycles. The molecule has 6 atom stereocenters. The molecular weight excluding hydrogens is 223 g/mol. The Morgan fingerprint density at radius 3 is 2.65 bits per heavy atom. The van der Waals surface area contributed by atoms with Gasteiger partial charge in [-0.2, -0.15) is 0 Å². The van der Waals surface area contributed by atoms with Crippen LogP contribution in [-0.2, 0) is 9.47 Å². The Morgan fingerprint density at radius 1 is 1.53 bits per heavy atom. The minimum atomic E-state index is -1.09. The van der Waals surface area contributed by atoms with E-state index in [1.54, 1.807) is 0 Å². The summed E-state index contributed by atoms with van der Waals surface area (Å²) in [6.07, 6.45) is -2.79. The van der Waals surface area contributed by atoms with Gasteiger partial charge in [-0.05, 0) is 12.3 Å². The summed E-state index contributed by atoms with van der Waals surface area (Å²) in [5.41, 5.74) is 0. The lowest BCUT2D eigenvalue weighted by molar-refractivity contribution is -0.188. The van der Waals surface area contributed by atoms with Crippen molar-refractivity contribution in [3.63, 3.8) is 0 Å². The second-order valence-electron chi connectivity index (χ2n) is 4.70. The maximum atomic E-state index is 9.94. The van der Waals surface area contributed by atoms with E-state index < -0.39 is 24.4 Å². The lowest BCUT2D eigenvalue weighted by Gasteiger charge is -2.39. The van der Waals surface area contributed by atoms with Crippen LogP contribution in [0.5, 0.6) is 0 Å². The summed E-state index contributed by atoms with van der Waals surface area (Å²) in [5, 5.41) is 29.0. The van der Waals surface area contributed by atoms with Gasteiger partial charge in [0.05, 0.1) is 12.7 Å². The zero-order valence-corrected chi connectivity index (χ0v) is 9.69. The number of rotatable bonds is 3. The number of hydrogen-bond acceptors (Lipinski definition) is 5. The summed E-state index contributed by atoms with van der Waals surface area (Å²) in [6.45, 7) is 1.68. The molecule has 1 aliphatic heterocycles. The molecule has 94 valence electrons. The average Bonchev–Trinajstić information content (AvgIpc) is 3.01. The van der Waals surface area contributed by atoms with Crippen molar-refractivity contribution in [2.75, 3.05) is 6.61 Å². The molecule has 4 unspecified atom stereocenters. The molecule has 2 rings (SSSR count). The second-order valence-corrected chi connectivity index (χ2v) is 4.70. The van der Waals surface area contributed by atoms with Crippen LogP contribution in [-0.4, -0.2) is 60.3 Å². The van der Waals surface area contributed by atoms with E-state index in [1.165, 1.54) is 0 Å². The summed E-state index contributed by atoms with van der Waals surface area (Å²) in [7, 11) is 5.33. The third-order valence-corrected chi connectivity index (χ3v) is 3.32. The largest absolute Gasteiger partial charge is 0.488 e. The van der Waals surface area contributed by atoms with E-state index in [-0.39, 0.29) is 18.5 Å². The molecule has 0 amide bonds. The minimum Gasteiger partial charge on any atom is -0.488 e. The van der Waals surface area contributed by atoms with Gasteiger partial charge in [-0.15, -0.1) is 0 Å². The standard InChI is InChI=1S/C11H17BO5/c1-5-2-6(5)17-11-9(14)7(3-12)16-8(4-13)10(11)15/h3,5-6,8-11,13-15H,2,4H2,1H3/b7-3-/t5?,6-,8?,9?,10-,11?/m0/s1. The smallest absolute Gasteiger partial charge is 0.150 e. The fourth-order valence-corrected chi connectivity index (χ4v) is 1.99. The normalized spacial score (nSPS) is 47.9. The van der Waals surface area contributed by atoms with Crippen LogP contribution in [0.3, 0.4) is 0 Å². The van der Waals surface area contributed by atoms with Crippen LogP contribution in [0.2, 0.25) is 0 Å². The topological polar surface area (TPSA) is 79.2 Å². The highest BCUT2D eigenvalue weighted by atomic mass is 16.6. The maximum absolute atomic E-state index is 9.94. The predicted molar refractivity (Wildman–Crippen MR) is 60.3 cm³/mol. The Hall–Kier alpha value is -0.555. The van der Waals surface area contributed by atoms with Gasteiger partial charge in [-0.1, -0.05) is 12.9 Å². The fourth-order valence-electron chi connectivity index (χ4n) is 1.99. The molecule has 2 fully saturated rings. The van der Waals surface area contributed by atoms with Gasteiger partial charge >= 0.3 is 0 Å². The molecule has 5 nitrogen and oxygen atoms in total. The Bertz CT molecular complexity index is 308. The van der Waals surface area contributed by atoms with E-state index in [2.05, 4.69) is 0 Å². The maximum Gasteiger partial charge on any atom is 0.150 e. The zero-order chi connectivity index (χ0) is 12.6. The fraction of sp³-hybridized carbons (Fsp3) is 0.818. The van der Waals surface area contributed by atoms with Gasteiger partial charge < -0.3 is 24.8 Å². The lowest BCUT2D eigenvalue weighted by atomic mass is 9.95. The molecule has 1 heterocycles. The van der Waals surface area contributed by atoms with Crippen molar-refractivity contribution in [1.82, 2.24) is 0 Å². The Balaban J connectivity index is 2.08. The number of hydrogen-bond donors (Lipinski definition) is 3. The average molecular weight is 240 g/mol. The van der Waals surface area contributed by atoms with Crippen LogP contribution in [0.15, 0.2) is 11.7 Å². The van der Waals surface area contributed by atoms with Gasteiger partial charge in [-0.25, -0.2) is 0 Å².